The third kappa shape index (κ3) is 4.36. The number of aromatic nitrogens is 1. The molecule has 1 aromatic carbocycles. The highest BCUT2D eigenvalue weighted by atomic mass is 16.5. The summed E-state index contributed by atoms with van der Waals surface area (Å²) < 4.78 is 5.08. The van der Waals surface area contributed by atoms with Crippen LogP contribution in [0.1, 0.15) is 18.4 Å². The van der Waals surface area contributed by atoms with E-state index in [0.29, 0.717) is 31.8 Å². The molecule has 2 amide bonds. The van der Waals surface area contributed by atoms with Gasteiger partial charge in [-0.2, -0.15) is 0 Å². The first-order chi connectivity index (χ1) is 13.0. The number of carbonyl (C=O) groups excluding carboxylic acids is 1. The molecule has 0 atom stereocenters. The van der Waals surface area contributed by atoms with Gasteiger partial charge in [0.15, 0.2) is 0 Å². The van der Waals surface area contributed by atoms with E-state index in [2.05, 4.69) is 10.3 Å². The largest absolute Gasteiger partial charge is 0.481 e. The van der Waals surface area contributed by atoms with Crippen LogP contribution in [0.3, 0.4) is 0 Å². The number of methoxy groups -OCH3 is 1. The van der Waals surface area contributed by atoms with Crippen LogP contribution in [0.5, 0.6) is 5.88 Å². The maximum atomic E-state index is 12.6. The molecule has 0 saturated carbocycles. The Kier molecular flexibility index (Phi) is 5.59. The van der Waals surface area contributed by atoms with Crippen LogP contribution in [0.15, 0.2) is 36.5 Å². The average Bonchev–Trinajstić information content (AvgIpc) is 2.69. The zero-order valence-electron chi connectivity index (χ0n) is 15.4. The van der Waals surface area contributed by atoms with Gasteiger partial charge >= 0.3 is 12.0 Å². The number of piperidine rings is 1. The number of nitrogens with zero attached hydrogens (tertiary/aromatic N) is 2. The highest BCUT2D eigenvalue weighted by molar-refractivity contribution is 5.91. The van der Waals surface area contributed by atoms with Gasteiger partial charge in [0.25, 0.3) is 0 Å². The van der Waals surface area contributed by atoms with Crippen LogP contribution in [0.2, 0.25) is 0 Å². The zero-order valence-corrected chi connectivity index (χ0v) is 15.4. The molecule has 1 aromatic heterocycles. The minimum absolute atomic E-state index is 0.202. The number of pyridine rings is 1. The van der Waals surface area contributed by atoms with Crippen molar-refractivity contribution in [2.75, 3.05) is 25.5 Å². The highest BCUT2D eigenvalue weighted by Crippen LogP contribution is 2.26. The molecule has 0 bridgehead atoms. The van der Waals surface area contributed by atoms with Crippen molar-refractivity contribution in [1.29, 1.82) is 0 Å². The zero-order chi connectivity index (χ0) is 19.4. The maximum Gasteiger partial charge on any atom is 0.321 e. The van der Waals surface area contributed by atoms with Crippen LogP contribution >= 0.6 is 0 Å². The molecule has 3 rings (SSSR count). The van der Waals surface area contributed by atoms with Gasteiger partial charge in [0.2, 0.25) is 5.88 Å². The van der Waals surface area contributed by atoms with E-state index in [4.69, 9.17) is 9.84 Å². The number of carboxylic acids is 1. The fraction of sp³-hybridized carbons (Fsp3) is 0.350. The van der Waals surface area contributed by atoms with Gasteiger partial charge in [-0.25, -0.2) is 9.78 Å². The van der Waals surface area contributed by atoms with Crippen molar-refractivity contribution in [2.45, 2.75) is 19.8 Å². The number of amides is 2. The van der Waals surface area contributed by atoms with Gasteiger partial charge in [0.05, 0.1) is 13.0 Å². The first-order valence-electron chi connectivity index (χ1n) is 8.87. The second-order valence-corrected chi connectivity index (χ2v) is 6.65. The summed E-state index contributed by atoms with van der Waals surface area (Å²) in [4.78, 5) is 29.5. The molecule has 2 aromatic rings. The van der Waals surface area contributed by atoms with Crippen LogP contribution in [0, 0.1) is 12.8 Å². The molecule has 7 nitrogen and oxygen atoms in total. The number of benzene rings is 1. The molecule has 2 heterocycles. The number of nitrogens with one attached hydrogen (secondary N) is 1. The van der Waals surface area contributed by atoms with E-state index in [1.165, 1.54) is 0 Å². The monoisotopic (exact) mass is 369 g/mol. The number of hydrogen-bond donors (Lipinski definition) is 2. The first-order valence-corrected chi connectivity index (χ1v) is 8.87. The average molecular weight is 369 g/mol. The molecule has 7 heteroatoms. The lowest BCUT2D eigenvalue weighted by molar-refractivity contribution is -0.143. The Morgan fingerprint density at radius 1 is 1.19 bits per heavy atom. The smallest absolute Gasteiger partial charge is 0.321 e. The number of aryl methyl sites for hydroxylation is 1. The van der Waals surface area contributed by atoms with Crippen molar-refractivity contribution >= 4 is 17.7 Å². The predicted molar refractivity (Wildman–Crippen MR) is 102 cm³/mol. The van der Waals surface area contributed by atoms with Crippen molar-refractivity contribution in [3.8, 4) is 17.0 Å². The van der Waals surface area contributed by atoms with Gasteiger partial charge in [-0.1, -0.05) is 12.1 Å². The van der Waals surface area contributed by atoms with E-state index in [1.807, 2.05) is 31.2 Å². The van der Waals surface area contributed by atoms with Crippen molar-refractivity contribution in [2.24, 2.45) is 5.92 Å². The molecule has 0 spiro atoms. The van der Waals surface area contributed by atoms with Crippen LogP contribution in [-0.4, -0.2) is 47.2 Å². The molecule has 0 radical (unpaired) electrons. The summed E-state index contributed by atoms with van der Waals surface area (Å²) >= 11 is 0. The Morgan fingerprint density at radius 2 is 1.89 bits per heavy atom. The molecule has 27 heavy (non-hydrogen) atoms. The number of rotatable bonds is 4. The van der Waals surface area contributed by atoms with Crippen LogP contribution in [0.25, 0.3) is 11.1 Å². The molecule has 1 saturated heterocycles. The SMILES string of the molecule is COc1ccc(-c2ccc(C)c(NC(=O)N3CCC(C(=O)O)CC3)c2)cn1. The lowest BCUT2D eigenvalue weighted by Crippen LogP contribution is -2.42. The van der Waals surface area contributed by atoms with Crippen molar-refractivity contribution in [1.82, 2.24) is 9.88 Å². The Balaban J connectivity index is 1.71. The number of carbonyl (C=O) groups is 2. The Morgan fingerprint density at radius 3 is 2.48 bits per heavy atom. The van der Waals surface area contributed by atoms with Gasteiger partial charge in [0.1, 0.15) is 0 Å². The minimum Gasteiger partial charge on any atom is -0.481 e. The summed E-state index contributed by atoms with van der Waals surface area (Å²) in [5.41, 5.74) is 3.55. The lowest BCUT2D eigenvalue weighted by atomic mass is 9.97. The molecule has 142 valence electrons. The second-order valence-electron chi connectivity index (χ2n) is 6.65. The molecule has 0 unspecified atom stereocenters. The van der Waals surface area contributed by atoms with E-state index < -0.39 is 5.97 Å². The first kappa shape index (κ1) is 18.7. The number of ether oxygens (including phenoxy) is 1. The van der Waals surface area contributed by atoms with Crippen molar-refractivity contribution < 1.29 is 19.4 Å². The summed E-state index contributed by atoms with van der Waals surface area (Å²) in [5, 5.41) is 12.0. The Bertz CT molecular complexity index is 828. The minimum atomic E-state index is -0.785. The van der Waals surface area contributed by atoms with E-state index in [1.54, 1.807) is 24.3 Å². The van der Waals surface area contributed by atoms with Gasteiger partial charge in [0, 0.05) is 36.6 Å². The quantitative estimate of drug-likeness (QED) is 0.862. The number of likely N-dealkylation sites (tertiary alicyclic amines) is 1. The van der Waals surface area contributed by atoms with Gasteiger partial charge in [-0.3, -0.25) is 4.79 Å². The number of carboxylic acid groups (broad SMARTS) is 1. The maximum absolute atomic E-state index is 12.6. The summed E-state index contributed by atoms with van der Waals surface area (Å²) in [6, 6.07) is 9.35. The third-order valence-electron chi connectivity index (χ3n) is 4.89. The van der Waals surface area contributed by atoms with Crippen LogP contribution < -0.4 is 10.1 Å². The fourth-order valence-corrected chi connectivity index (χ4v) is 3.13. The summed E-state index contributed by atoms with van der Waals surface area (Å²) in [6.45, 7) is 2.83. The van der Waals surface area contributed by atoms with E-state index >= 15 is 0 Å². The molecular weight excluding hydrogens is 346 g/mol. The molecule has 2 N–H and O–H groups in total. The van der Waals surface area contributed by atoms with Crippen LogP contribution in [-0.2, 0) is 4.79 Å². The van der Waals surface area contributed by atoms with Crippen molar-refractivity contribution in [3.05, 3.63) is 42.1 Å². The Hall–Kier alpha value is -3.09. The van der Waals surface area contributed by atoms with E-state index in [9.17, 15) is 9.59 Å². The molecule has 1 aliphatic rings. The van der Waals surface area contributed by atoms with Gasteiger partial charge in [-0.15, -0.1) is 0 Å². The summed E-state index contributed by atoms with van der Waals surface area (Å²) in [5.74, 6) is -0.599. The molecule has 0 aliphatic carbocycles. The number of anilines is 1. The van der Waals surface area contributed by atoms with E-state index in [0.717, 1.165) is 22.4 Å². The lowest BCUT2D eigenvalue weighted by Gasteiger charge is -2.30. The normalized spacial score (nSPS) is 14.7. The number of urea groups is 1. The van der Waals surface area contributed by atoms with Crippen LogP contribution in [0.4, 0.5) is 10.5 Å². The summed E-state index contributed by atoms with van der Waals surface area (Å²) in [7, 11) is 1.57. The predicted octanol–water partition coefficient (Wildman–Crippen LogP) is 3.39. The second kappa shape index (κ2) is 8.07. The number of hydrogen-bond acceptors (Lipinski definition) is 4. The molecule has 1 fully saturated rings. The van der Waals surface area contributed by atoms with Gasteiger partial charge in [-0.05, 0) is 43.0 Å². The van der Waals surface area contributed by atoms with E-state index in [-0.39, 0.29) is 11.9 Å². The highest BCUT2D eigenvalue weighted by Gasteiger charge is 2.27. The third-order valence-corrected chi connectivity index (χ3v) is 4.89. The number of aliphatic carboxylic acids is 1. The standard InChI is InChI=1S/C20H23N3O4/c1-13-3-4-15(16-5-6-18(27-2)21-12-16)11-17(13)22-20(26)23-9-7-14(8-10-23)19(24)25/h3-6,11-12,14H,7-10H2,1-2H3,(H,22,26)(H,24,25). The Labute approximate surface area is 158 Å². The fourth-order valence-electron chi connectivity index (χ4n) is 3.13. The van der Waals surface area contributed by atoms with Crippen molar-refractivity contribution in [3.63, 3.8) is 0 Å². The summed E-state index contributed by atoms with van der Waals surface area (Å²) in [6.07, 6.45) is 2.70. The molecule has 1 aliphatic heterocycles. The topological polar surface area (TPSA) is 91.8 Å². The molecular formula is C20H23N3O4. The van der Waals surface area contributed by atoms with Gasteiger partial charge < -0.3 is 20.1 Å².